The molecule has 4 nitrogen and oxygen atoms in total. The predicted octanol–water partition coefficient (Wildman–Crippen LogP) is 6.32. The fraction of sp³-hybridized carbons (Fsp3) is 0.148. The zero-order valence-corrected chi connectivity index (χ0v) is 18.7. The largest absolute Gasteiger partial charge is 0.467 e. The van der Waals surface area contributed by atoms with Gasteiger partial charge in [0.15, 0.2) is 0 Å². The van der Waals surface area contributed by atoms with Crippen molar-refractivity contribution >= 4 is 28.1 Å². The van der Waals surface area contributed by atoms with Crippen molar-refractivity contribution in [3.05, 3.63) is 118 Å². The highest BCUT2D eigenvalue weighted by atomic mass is 32.1. The molecule has 0 radical (unpaired) electrons. The molecule has 166 valence electrons. The number of furan rings is 1. The van der Waals surface area contributed by atoms with Crippen molar-refractivity contribution < 1.29 is 13.6 Å². The first kappa shape index (κ1) is 21.2. The van der Waals surface area contributed by atoms with E-state index in [1.807, 2.05) is 47.8 Å². The van der Waals surface area contributed by atoms with Crippen LogP contribution in [0.4, 0.5) is 4.39 Å². The molecule has 5 aromatic rings. The van der Waals surface area contributed by atoms with E-state index in [-0.39, 0.29) is 17.6 Å². The molecule has 3 heterocycles. The molecule has 0 bridgehead atoms. The third-order valence-corrected chi connectivity index (χ3v) is 6.76. The maximum absolute atomic E-state index is 13.4. The van der Waals surface area contributed by atoms with Gasteiger partial charge in [-0.2, -0.15) is 0 Å². The Hall–Kier alpha value is -3.64. The molecule has 6 heteroatoms. The fourth-order valence-electron chi connectivity index (χ4n) is 4.18. The Labute approximate surface area is 195 Å². The Morgan fingerprint density at radius 2 is 1.88 bits per heavy atom. The van der Waals surface area contributed by atoms with Gasteiger partial charge in [-0.3, -0.25) is 4.79 Å². The van der Waals surface area contributed by atoms with Gasteiger partial charge in [0.25, 0.3) is 0 Å². The number of para-hydroxylation sites is 1. The number of hydrogen-bond donors (Lipinski definition) is 1. The first-order valence-corrected chi connectivity index (χ1v) is 11.7. The highest BCUT2D eigenvalue weighted by Crippen LogP contribution is 2.37. The first-order chi connectivity index (χ1) is 16.2. The van der Waals surface area contributed by atoms with Gasteiger partial charge in [-0.05, 0) is 52.9 Å². The summed E-state index contributed by atoms with van der Waals surface area (Å²) in [5.41, 5.74) is 3.23. The van der Waals surface area contributed by atoms with Crippen molar-refractivity contribution in [2.24, 2.45) is 0 Å². The number of amides is 1. The summed E-state index contributed by atoms with van der Waals surface area (Å²) in [4.78, 5) is 14.0. The van der Waals surface area contributed by atoms with Crippen LogP contribution in [0.2, 0.25) is 0 Å². The lowest BCUT2D eigenvalue weighted by Crippen LogP contribution is -2.24. The summed E-state index contributed by atoms with van der Waals surface area (Å²) >= 11 is 1.66. The zero-order chi connectivity index (χ0) is 22.6. The fourth-order valence-corrected chi connectivity index (χ4v) is 5.03. The van der Waals surface area contributed by atoms with E-state index in [1.54, 1.807) is 17.6 Å². The lowest BCUT2D eigenvalue weighted by atomic mass is 9.93. The summed E-state index contributed by atoms with van der Waals surface area (Å²) in [6.07, 6.45) is 4.08. The summed E-state index contributed by atoms with van der Waals surface area (Å²) in [6.45, 7) is 0.998. The molecule has 5 rings (SSSR count). The van der Waals surface area contributed by atoms with Crippen molar-refractivity contribution in [3.63, 3.8) is 0 Å². The van der Waals surface area contributed by atoms with E-state index in [0.717, 1.165) is 32.7 Å². The molecule has 0 unspecified atom stereocenters. The minimum atomic E-state index is -0.241. The van der Waals surface area contributed by atoms with E-state index in [1.165, 1.54) is 12.1 Å². The second-order valence-corrected chi connectivity index (χ2v) is 8.96. The molecular formula is C27H23FN2O2S. The molecule has 0 fully saturated rings. The summed E-state index contributed by atoms with van der Waals surface area (Å²) in [7, 11) is 0. The van der Waals surface area contributed by atoms with Crippen molar-refractivity contribution in [2.45, 2.75) is 25.4 Å². The van der Waals surface area contributed by atoms with Gasteiger partial charge < -0.3 is 14.3 Å². The van der Waals surface area contributed by atoms with Gasteiger partial charge in [-0.1, -0.05) is 36.4 Å². The van der Waals surface area contributed by atoms with Crippen molar-refractivity contribution in [1.29, 1.82) is 0 Å². The minimum absolute atomic E-state index is 0.0276. The highest BCUT2D eigenvalue weighted by molar-refractivity contribution is 7.10. The van der Waals surface area contributed by atoms with E-state index in [9.17, 15) is 9.18 Å². The van der Waals surface area contributed by atoms with Crippen LogP contribution in [0, 0.1) is 5.82 Å². The Morgan fingerprint density at radius 3 is 2.64 bits per heavy atom. The number of rotatable bonds is 8. The number of aromatic nitrogens is 1. The monoisotopic (exact) mass is 458 g/mol. The average molecular weight is 459 g/mol. The summed E-state index contributed by atoms with van der Waals surface area (Å²) in [6, 6.07) is 22.6. The number of nitrogens with zero attached hydrogens (tertiary/aromatic N) is 1. The summed E-state index contributed by atoms with van der Waals surface area (Å²) < 4.78 is 20.9. The number of thiophene rings is 1. The lowest BCUT2D eigenvalue weighted by Gasteiger charge is -2.15. The molecule has 0 saturated heterocycles. The molecular weight excluding hydrogens is 435 g/mol. The van der Waals surface area contributed by atoms with Gasteiger partial charge in [0.1, 0.15) is 11.6 Å². The number of halogens is 1. The van der Waals surface area contributed by atoms with E-state index >= 15 is 0 Å². The normalized spacial score (nSPS) is 12.2. The number of benzene rings is 2. The molecule has 3 aromatic heterocycles. The SMILES string of the molecule is O=C(C[C@@H](c1cccs1)c1cn(Cc2ccc(F)cc2)c2ccccc12)NCc1ccco1. The minimum Gasteiger partial charge on any atom is -0.467 e. The van der Waals surface area contributed by atoms with E-state index < -0.39 is 0 Å². The molecule has 0 spiro atoms. The van der Waals surface area contributed by atoms with Gasteiger partial charge in [-0.25, -0.2) is 4.39 Å². The quantitative estimate of drug-likeness (QED) is 0.296. The van der Waals surface area contributed by atoms with Gasteiger partial charge in [0.2, 0.25) is 5.91 Å². The van der Waals surface area contributed by atoms with Crippen LogP contribution in [0.1, 0.15) is 34.1 Å². The third kappa shape index (κ3) is 4.76. The number of hydrogen-bond acceptors (Lipinski definition) is 3. The standard InChI is InChI=1S/C27H23FN2O2S/c28-20-11-9-19(10-12-20)17-30-18-24(22-6-1-2-7-25(22)30)23(26-8-4-14-33-26)15-27(31)29-16-21-5-3-13-32-21/h1-14,18,23H,15-17H2,(H,29,31)/t23-/m1/s1. The molecule has 0 saturated carbocycles. The van der Waals surface area contributed by atoms with E-state index in [4.69, 9.17) is 4.42 Å². The predicted molar refractivity (Wildman–Crippen MR) is 129 cm³/mol. The lowest BCUT2D eigenvalue weighted by molar-refractivity contribution is -0.121. The third-order valence-electron chi connectivity index (χ3n) is 5.78. The van der Waals surface area contributed by atoms with Crippen LogP contribution in [-0.2, 0) is 17.9 Å². The number of nitrogens with one attached hydrogen (secondary N) is 1. The highest BCUT2D eigenvalue weighted by Gasteiger charge is 2.23. The van der Waals surface area contributed by atoms with Crippen molar-refractivity contribution in [2.75, 3.05) is 0 Å². The molecule has 1 atom stereocenters. The zero-order valence-electron chi connectivity index (χ0n) is 17.9. The van der Waals surface area contributed by atoms with Gasteiger partial charge >= 0.3 is 0 Å². The molecule has 1 N–H and O–H groups in total. The number of carbonyl (C=O) groups excluding carboxylic acids is 1. The topological polar surface area (TPSA) is 47.2 Å². The molecule has 2 aromatic carbocycles. The maximum Gasteiger partial charge on any atom is 0.221 e. The second-order valence-electron chi connectivity index (χ2n) is 7.98. The van der Waals surface area contributed by atoms with E-state index in [2.05, 4.69) is 34.3 Å². The average Bonchev–Trinajstić information content (AvgIpc) is 3.60. The Kier molecular flexibility index (Phi) is 6.09. The van der Waals surface area contributed by atoms with Crippen LogP contribution in [0.25, 0.3) is 10.9 Å². The van der Waals surface area contributed by atoms with Gasteiger partial charge in [-0.15, -0.1) is 11.3 Å². The molecule has 0 aliphatic carbocycles. The van der Waals surface area contributed by atoms with Crippen LogP contribution in [0.5, 0.6) is 0 Å². The smallest absolute Gasteiger partial charge is 0.221 e. The maximum atomic E-state index is 13.4. The van der Waals surface area contributed by atoms with Crippen molar-refractivity contribution in [3.8, 4) is 0 Å². The summed E-state index contributed by atoms with van der Waals surface area (Å²) in [5.74, 6) is 0.392. The Bertz CT molecular complexity index is 1340. The second kappa shape index (κ2) is 9.46. The van der Waals surface area contributed by atoms with Crippen LogP contribution in [0.3, 0.4) is 0 Å². The molecule has 1 amide bonds. The number of carbonyl (C=O) groups is 1. The number of fused-ring (bicyclic) bond motifs is 1. The molecule has 0 aliphatic heterocycles. The van der Waals surface area contributed by atoms with E-state index in [0.29, 0.717) is 19.5 Å². The van der Waals surface area contributed by atoms with Crippen LogP contribution < -0.4 is 5.32 Å². The Morgan fingerprint density at radius 1 is 1.03 bits per heavy atom. The molecule has 33 heavy (non-hydrogen) atoms. The van der Waals surface area contributed by atoms with Gasteiger partial charge in [0, 0.05) is 40.9 Å². The summed E-state index contributed by atoms with van der Waals surface area (Å²) in [5, 5.41) is 6.14. The van der Waals surface area contributed by atoms with Crippen LogP contribution in [0.15, 0.2) is 95.1 Å². The van der Waals surface area contributed by atoms with Crippen molar-refractivity contribution in [1.82, 2.24) is 9.88 Å². The van der Waals surface area contributed by atoms with Crippen LogP contribution >= 0.6 is 11.3 Å². The van der Waals surface area contributed by atoms with Gasteiger partial charge in [0.05, 0.1) is 12.8 Å². The molecule has 0 aliphatic rings. The first-order valence-electron chi connectivity index (χ1n) is 10.8. The Balaban J connectivity index is 1.47. The van der Waals surface area contributed by atoms with Crippen LogP contribution in [-0.4, -0.2) is 10.5 Å².